The topological polar surface area (TPSA) is 69.4 Å². The quantitative estimate of drug-likeness (QED) is 0.205. The Bertz CT molecular complexity index is 1650. The van der Waals surface area contributed by atoms with Gasteiger partial charge in [-0.05, 0) is 56.7 Å². The molecule has 46 heavy (non-hydrogen) atoms. The summed E-state index contributed by atoms with van der Waals surface area (Å²) in [5.74, 6) is -0.252. The van der Waals surface area contributed by atoms with Crippen molar-refractivity contribution >= 4 is 39.8 Å². The Hall–Kier alpha value is -3.94. The minimum Gasteiger partial charge on any atom is -0.462 e. The molecule has 1 aromatic heterocycles. The first kappa shape index (κ1) is 32.0. The Morgan fingerprint density at radius 2 is 1.98 bits per heavy atom. The standard InChI is InChI=1S/C35H41ClFN7O2/c1-23(41(4)19-25-8-5-9-25)22-46-35-39-30-21-42(31-13-7-11-26-10-6-12-29(36)32(26)31)15-14-28(30)33(40-35)43-16-17-44(34(45)24(2)37)27(20-43)18-38-3/h6-7,10-13,23,25,27H,2,5,8-9,14-22H2,1,4H3/t23-,27+/m1/s1. The molecule has 0 N–H and O–H groups in total. The van der Waals surface area contributed by atoms with Crippen molar-refractivity contribution in [1.29, 1.82) is 0 Å². The van der Waals surface area contributed by atoms with Crippen molar-refractivity contribution in [3.63, 3.8) is 0 Å². The van der Waals surface area contributed by atoms with Gasteiger partial charge < -0.3 is 29.2 Å². The van der Waals surface area contributed by atoms with Gasteiger partial charge in [-0.3, -0.25) is 4.79 Å². The predicted octanol–water partition coefficient (Wildman–Crippen LogP) is 5.76. The number of ether oxygens (including phenoxy) is 1. The average Bonchev–Trinajstić information content (AvgIpc) is 3.04. The average molecular weight is 646 g/mol. The largest absolute Gasteiger partial charge is 0.462 e. The summed E-state index contributed by atoms with van der Waals surface area (Å²) in [6, 6.07) is 12.2. The van der Waals surface area contributed by atoms with Crippen LogP contribution in [0.1, 0.15) is 37.4 Å². The second kappa shape index (κ2) is 13.8. The number of aromatic nitrogens is 2. The minimum absolute atomic E-state index is 0.0621. The van der Waals surface area contributed by atoms with Crippen molar-refractivity contribution in [3.8, 4) is 6.01 Å². The van der Waals surface area contributed by atoms with E-state index in [1.54, 1.807) is 0 Å². The fourth-order valence-electron chi connectivity index (χ4n) is 6.78. The number of piperazine rings is 1. The Balaban J connectivity index is 1.30. The highest BCUT2D eigenvalue weighted by Crippen LogP contribution is 2.37. The van der Waals surface area contributed by atoms with Crippen molar-refractivity contribution in [2.24, 2.45) is 5.92 Å². The summed E-state index contributed by atoms with van der Waals surface area (Å²) in [6.45, 7) is 16.8. The number of likely N-dealkylation sites (N-methyl/N-ethyl adjacent to an activating group) is 1. The second-order valence-corrected chi connectivity index (χ2v) is 13.2. The van der Waals surface area contributed by atoms with Crippen LogP contribution in [0.2, 0.25) is 5.02 Å². The van der Waals surface area contributed by atoms with Gasteiger partial charge >= 0.3 is 6.01 Å². The Labute approximate surface area is 275 Å². The lowest BCUT2D eigenvalue weighted by Crippen LogP contribution is -2.57. The van der Waals surface area contributed by atoms with Crippen LogP contribution in [0.3, 0.4) is 0 Å². The first-order chi connectivity index (χ1) is 22.2. The van der Waals surface area contributed by atoms with Gasteiger partial charge in [0.25, 0.3) is 5.91 Å². The molecule has 9 nitrogen and oxygen atoms in total. The molecule has 0 spiro atoms. The van der Waals surface area contributed by atoms with E-state index in [2.05, 4.69) is 64.4 Å². The lowest BCUT2D eigenvalue weighted by molar-refractivity contribution is -0.131. The third-order valence-corrected chi connectivity index (χ3v) is 10.1. The lowest BCUT2D eigenvalue weighted by atomic mass is 9.85. The molecule has 0 radical (unpaired) electrons. The van der Waals surface area contributed by atoms with E-state index in [1.165, 1.54) is 24.2 Å². The Morgan fingerprint density at radius 1 is 1.20 bits per heavy atom. The molecule has 3 aliphatic rings. The third-order valence-electron chi connectivity index (χ3n) is 9.75. The van der Waals surface area contributed by atoms with E-state index < -0.39 is 17.8 Å². The number of carbonyl (C=O) groups is 1. The van der Waals surface area contributed by atoms with Gasteiger partial charge in [0.15, 0.2) is 5.83 Å². The molecule has 1 saturated heterocycles. The molecular weight excluding hydrogens is 605 g/mol. The van der Waals surface area contributed by atoms with Gasteiger partial charge in [-0.25, -0.2) is 11.0 Å². The highest BCUT2D eigenvalue weighted by molar-refractivity contribution is 6.36. The van der Waals surface area contributed by atoms with Crippen LogP contribution in [0.15, 0.2) is 48.8 Å². The van der Waals surface area contributed by atoms with Crippen LogP contribution in [-0.2, 0) is 17.8 Å². The predicted molar refractivity (Wildman–Crippen MR) is 180 cm³/mol. The lowest BCUT2D eigenvalue weighted by Gasteiger charge is -2.41. The first-order valence-electron chi connectivity index (χ1n) is 16.1. The third kappa shape index (κ3) is 6.62. The normalized spacial score (nSPS) is 19.0. The van der Waals surface area contributed by atoms with Crippen LogP contribution in [0.5, 0.6) is 6.01 Å². The Kier molecular flexibility index (Phi) is 9.62. The number of anilines is 2. The summed E-state index contributed by atoms with van der Waals surface area (Å²) in [5.41, 5.74) is 2.96. The molecule has 1 aliphatic carbocycles. The van der Waals surface area contributed by atoms with Crippen LogP contribution in [0.4, 0.5) is 15.9 Å². The number of carbonyl (C=O) groups excluding carboxylic acids is 1. The minimum atomic E-state index is -1.01. The van der Waals surface area contributed by atoms with E-state index in [9.17, 15) is 9.18 Å². The number of hydrogen-bond donors (Lipinski definition) is 0. The highest BCUT2D eigenvalue weighted by atomic mass is 35.5. The summed E-state index contributed by atoms with van der Waals surface area (Å²) in [6.07, 6.45) is 4.60. The van der Waals surface area contributed by atoms with Crippen LogP contribution in [0, 0.1) is 12.5 Å². The van der Waals surface area contributed by atoms with E-state index in [0.29, 0.717) is 43.7 Å². The van der Waals surface area contributed by atoms with Gasteiger partial charge in [0.2, 0.25) is 6.54 Å². The maximum atomic E-state index is 13.9. The van der Waals surface area contributed by atoms with E-state index in [1.807, 2.05) is 12.1 Å². The highest BCUT2D eigenvalue weighted by Gasteiger charge is 2.36. The van der Waals surface area contributed by atoms with Gasteiger partial charge in [-0.2, -0.15) is 9.97 Å². The van der Waals surface area contributed by atoms with Crippen LogP contribution in [-0.4, -0.2) is 90.7 Å². The van der Waals surface area contributed by atoms with Crippen LogP contribution >= 0.6 is 11.6 Å². The molecule has 6 rings (SSSR count). The number of nitrogens with zero attached hydrogens (tertiary/aromatic N) is 7. The van der Waals surface area contributed by atoms with Crippen molar-refractivity contribution in [3.05, 3.63) is 76.5 Å². The molecule has 2 fully saturated rings. The zero-order valence-electron chi connectivity index (χ0n) is 26.6. The van der Waals surface area contributed by atoms with E-state index in [4.69, 9.17) is 32.9 Å². The van der Waals surface area contributed by atoms with Gasteiger partial charge in [0.05, 0.1) is 17.3 Å². The fraction of sp³-hybridized carbons (Fsp3) is 0.486. The van der Waals surface area contributed by atoms with Crippen molar-refractivity contribution < 1.29 is 13.9 Å². The number of rotatable bonds is 10. The van der Waals surface area contributed by atoms with Crippen molar-refractivity contribution in [2.45, 2.75) is 51.2 Å². The van der Waals surface area contributed by atoms with E-state index in [0.717, 1.165) is 52.5 Å². The number of halogens is 2. The Morgan fingerprint density at radius 3 is 2.70 bits per heavy atom. The summed E-state index contributed by atoms with van der Waals surface area (Å²) < 4.78 is 20.2. The van der Waals surface area contributed by atoms with E-state index >= 15 is 0 Å². The molecule has 2 aliphatic heterocycles. The van der Waals surface area contributed by atoms with Gasteiger partial charge in [0, 0.05) is 55.4 Å². The monoisotopic (exact) mass is 645 g/mol. The first-order valence-corrected chi connectivity index (χ1v) is 16.5. The SMILES string of the molecule is [C-]#[N+]C[C@H]1CN(c2nc(OC[C@@H](C)N(C)CC3CCC3)nc3c2CCN(c2cccc4cccc(Cl)c24)C3)CCN1C(=O)C(=C)F. The molecular formula is C35H41ClFN7O2. The fourth-order valence-corrected chi connectivity index (χ4v) is 7.06. The molecule has 1 amide bonds. The van der Waals surface area contributed by atoms with Crippen molar-refractivity contribution in [2.75, 3.05) is 62.7 Å². The summed E-state index contributed by atoms with van der Waals surface area (Å²) in [5, 5.41) is 2.80. The molecule has 2 atom stereocenters. The molecule has 3 heterocycles. The molecule has 11 heteroatoms. The second-order valence-electron chi connectivity index (χ2n) is 12.8. The smallest absolute Gasteiger partial charge is 0.318 e. The van der Waals surface area contributed by atoms with Crippen molar-refractivity contribution in [1.82, 2.24) is 19.8 Å². The number of amides is 1. The zero-order valence-corrected chi connectivity index (χ0v) is 27.3. The maximum Gasteiger partial charge on any atom is 0.318 e. The van der Waals surface area contributed by atoms with Gasteiger partial charge in [-0.15, -0.1) is 0 Å². The maximum absolute atomic E-state index is 13.9. The van der Waals surface area contributed by atoms with Crippen LogP contribution < -0.4 is 14.5 Å². The zero-order chi connectivity index (χ0) is 32.4. The summed E-state index contributed by atoms with van der Waals surface area (Å²) in [4.78, 5) is 34.2. The van der Waals surface area contributed by atoms with E-state index in [-0.39, 0.29) is 19.1 Å². The molecule has 242 valence electrons. The molecule has 3 aromatic rings. The molecule has 0 bridgehead atoms. The van der Waals surface area contributed by atoms with Gasteiger partial charge in [0.1, 0.15) is 18.5 Å². The van der Waals surface area contributed by atoms with Gasteiger partial charge in [-0.1, -0.05) is 48.9 Å². The molecule has 2 aromatic carbocycles. The van der Waals surface area contributed by atoms with Crippen LogP contribution in [0.25, 0.3) is 15.6 Å². The number of benzene rings is 2. The number of fused-ring (bicyclic) bond motifs is 2. The summed E-state index contributed by atoms with van der Waals surface area (Å²) >= 11 is 6.71. The molecule has 0 unspecified atom stereocenters. The molecule has 1 saturated carbocycles. The summed E-state index contributed by atoms with van der Waals surface area (Å²) in [7, 11) is 2.14. The number of hydrogen-bond acceptors (Lipinski definition) is 7.